The normalized spacial score (nSPS) is 18.6. The molecule has 0 saturated carbocycles. The molecule has 0 fully saturated rings. The molecule has 0 radical (unpaired) electrons. The van der Waals surface area contributed by atoms with Crippen LogP contribution in [0.4, 0.5) is 0 Å². The van der Waals surface area contributed by atoms with Gasteiger partial charge in [-0.15, -0.1) is 0 Å². The van der Waals surface area contributed by atoms with Gasteiger partial charge in [-0.1, -0.05) is 40.5 Å². The summed E-state index contributed by atoms with van der Waals surface area (Å²) >= 11 is 0. The molecular weight excluding hydrogens is 372 g/mol. The molecule has 0 unspecified atom stereocenters. The van der Waals surface area contributed by atoms with Crippen LogP contribution >= 0.6 is 0 Å². The number of ether oxygens (including phenoxy) is 1. The van der Waals surface area contributed by atoms with Crippen LogP contribution in [0.25, 0.3) is 0 Å². The third-order valence-corrected chi connectivity index (χ3v) is 7.37. The van der Waals surface area contributed by atoms with E-state index >= 15 is 0 Å². The van der Waals surface area contributed by atoms with Crippen molar-refractivity contribution >= 4 is 5.97 Å². The first-order valence-corrected chi connectivity index (χ1v) is 11.5. The molecule has 1 aromatic carbocycles. The fraction of sp³-hybridized carbons (Fsp3) is 0.593. The Hall–Kier alpha value is -2.03. The quantitative estimate of drug-likeness (QED) is 0.483. The summed E-state index contributed by atoms with van der Waals surface area (Å²) in [5.41, 5.74) is 5.67. The molecule has 2 aliphatic carbocycles. The van der Waals surface area contributed by atoms with Crippen LogP contribution < -0.4 is 4.74 Å². The minimum atomic E-state index is -0.851. The zero-order valence-electron chi connectivity index (χ0n) is 19.4. The lowest BCUT2D eigenvalue weighted by atomic mass is 9.56. The van der Waals surface area contributed by atoms with Gasteiger partial charge in [0.25, 0.3) is 0 Å². The van der Waals surface area contributed by atoms with Crippen LogP contribution in [0.3, 0.4) is 0 Å². The number of carboxylic acids is 1. The summed E-state index contributed by atoms with van der Waals surface area (Å²) in [4.78, 5) is 12.3. The number of benzene rings is 1. The Balaban J connectivity index is 2.41. The first-order valence-electron chi connectivity index (χ1n) is 11.5. The Morgan fingerprint density at radius 1 is 0.933 bits per heavy atom. The summed E-state index contributed by atoms with van der Waals surface area (Å²) in [7, 11) is 1.73. The van der Waals surface area contributed by atoms with E-state index in [0.717, 1.165) is 37.0 Å². The number of hydrogen-bond acceptors (Lipinski definition) is 2. The predicted octanol–water partition coefficient (Wildman–Crippen LogP) is 7.21. The van der Waals surface area contributed by atoms with Gasteiger partial charge in [-0.2, -0.15) is 0 Å². The number of allylic oxidation sites excluding steroid dienone is 4. The Morgan fingerprint density at radius 2 is 1.43 bits per heavy atom. The van der Waals surface area contributed by atoms with E-state index in [1.807, 2.05) is 26.0 Å². The average Bonchev–Trinajstić information content (AvgIpc) is 2.73. The monoisotopic (exact) mass is 410 g/mol. The van der Waals surface area contributed by atoms with Crippen molar-refractivity contribution in [2.75, 3.05) is 7.11 Å². The van der Waals surface area contributed by atoms with E-state index in [2.05, 4.69) is 26.0 Å². The summed E-state index contributed by atoms with van der Waals surface area (Å²) in [5, 5.41) is 10.1. The molecule has 0 amide bonds. The van der Waals surface area contributed by atoms with Crippen molar-refractivity contribution in [1.29, 1.82) is 0 Å². The zero-order valence-corrected chi connectivity index (χ0v) is 19.4. The molecule has 164 valence electrons. The van der Waals surface area contributed by atoms with E-state index in [1.165, 1.54) is 48.0 Å². The molecule has 1 N–H and O–H groups in total. The van der Waals surface area contributed by atoms with E-state index < -0.39 is 16.8 Å². The highest BCUT2D eigenvalue weighted by molar-refractivity contribution is 5.74. The molecule has 1 aromatic rings. The lowest BCUT2D eigenvalue weighted by Crippen LogP contribution is -2.42. The van der Waals surface area contributed by atoms with Crippen LogP contribution in [-0.4, -0.2) is 18.2 Å². The smallest absolute Gasteiger partial charge is 0.309 e. The topological polar surface area (TPSA) is 46.5 Å². The molecule has 2 aliphatic rings. The van der Waals surface area contributed by atoms with Gasteiger partial charge in [-0.25, -0.2) is 0 Å². The van der Waals surface area contributed by atoms with Crippen LogP contribution in [0.1, 0.15) is 91.0 Å². The maximum absolute atomic E-state index is 12.3. The van der Waals surface area contributed by atoms with Gasteiger partial charge in [0, 0.05) is 11.0 Å². The number of aliphatic carboxylic acids is 1. The highest BCUT2D eigenvalue weighted by atomic mass is 16.5. The molecule has 3 heteroatoms. The number of hydrogen-bond donors (Lipinski definition) is 1. The second kappa shape index (κ2) is 8.99. The lowest BCUT2D eigenvalue weighted by molar-refractivity contribution is -0.147. The van der Waals surface area contributed by atoms with E-state index in [1.54, 1.807) is 7.11 Å². The van der Waals surface area contributed by atoms with Gasteiger partial charge in [-0.05, 0) is 91.5 Å². The van der Waals surface area contributed by atoms with Gasteiger partial charge in [0.15, 0.2) is 0 Å². The summed E-state index contributed by atoms with van der Waals surface area (Å²) in [6.07, 6.45) is 9.63. The van der Waals surface area contributed by atoms with E-state index in [0.29, 0.717) is 6.42 Å². The SMILES string of the molecule is COc1ccccc1C(CC(C)(C)C(=O)O)(C1=C(C)CCCC1)C1=C(C)CCCC1. The Morgan fingerprint density at radius 3 is 1.90 bits per heavy atom. The summed E-state index contributed by atoms with van der Waals surface area (Å²) < 4.78 is 5.89. The lowest BCUT2D eigenvalue weighted by Gasteiger charge is -2.47. The minimum absolute atomic E-state index is 0.413. The van der Waals surface area contributed by atoms with Gasteiger partial charge < -0.3 is 9.84 Å². The highest BCUT2D eigenvalue weighted by Gasteiger charge is 2.49. The molecule has 0 bridgehead atoms. The maximum Gasteiger partial charge on any atom is 0.309 e. The molecule has 3 nitrogen and oxygen atoms in total. The maximum atomic E-state index is 12.3. The van der Waals surface area contributed by atoms with Crippen molar-refractivity contribution in [2.24, 2.45) is 5.41 Å². The summed E-state index contributed by atoms with van der Waals surface area (Å²) in [6, 6.07) is 8.31. The number of methoxy groups -OCH3 is 1. The molecule has 0 aromatic heterocycles. The fourth-order valence-electron chi connectivity index (χ4n) is 5.82. The van der Waals surface area contributed by atoms with Crippen LogP contribution in [0.15, 0.2) is 46.6 Å². The first-order chi connectivity index (χ1) is 14.2. The van der Waals surface area contributed by atoms with Gasteiger partial charge in [-0.3, -0.25) is 4.79 Å². The summed E-state index contributed by atoms with van der Waals surface area (Å²) in [5.74, 6) is 0.139. The Bertz CT molecular complexity index is 825. The van der Waals surface area contributed by atoms with Crippen LogP contribution in [0.5, 0.6) is 5.75 Å². The number of para-hydroxylation sites is 1. The third kappa shape index (κ3) is 4.08. The first kappa shape index (κ1) is 22.7. The van der Waals surface area contributed by atoms with E-state index in [9.17, 15) is 9.90 Å². The molecule has 3 rings (SSSR count). The van der Waals surface area contributed by atoms with Crippen molar-refractivity contribution in [3.8, 4) is 5.75 Å². The molecule has 30 heavy (non-hydrogen) atoms. The number of carboxylic acid groups (broad SMARTS) is 1. The minimum Gasteiger partial charge on any atom is -0.496 e. The second-order valence-electron chi connectivity index (χ2n) is 9.90. The van der Waals surface area contributed by atoms with Crippen molar-refractivity contribution in [3.05, 3.63) is 52.1 Å². The molecule has 0 saturated heterocycles. The molecule has 0 heterocycles. The largest absolute Gasteiger partial charge is 0.496 e. The highest BCUT2D eigenvalue weighted by Crippen LogP contribution is 2.56. The van der Waals surface area contributed by atoms with Crippen molar-refractivity contribution in [3.63, 3.8) is 0 Å². The van der Waals surface area contributed by atoms with Gasteiger partial charge >= 0.3 is 5.97 Å². The van der Waals surface area contributed by atoms with Crippen LogP contribution in [0, 0.1) is 5.41 Å². The fourth-order valence-corrected chi connectivity index (χ4v) is 5.82. The Kier molecular flexibility index (Phi) is 6.79. The van der Waals surface area contributed by atoms with Crippen molar-refractivity contribution in [1.82, 2.24) is 0 Å². The zero-order chi connectivity index (χ0) is 21.9. The average molecular weight is 411 g/mol. The summed E-state index contributed by atoms with van der Waals surface area (Å²) in [6.45, 7) is 8.31. The molecule has 0 aliphatic heterocycles. The van der Waals surface area contributed by atoms with Crippen molar-refractivity contribution < 1.29 is 14.6 Å². The number of carbonyl (C=O) groups is 1. The van der Waals surface area contributed by atoms with Gasteiger partial charge in [0.05, 0.1) is 12.5 Å². The van der Waals surface area contributed by atoms with Crippen molar-refractivity contribution in [2.45, 2.75) is 90.9 Å². The predicted molar refractivity (Wildman–Crippen MR) is 123 cm³/mol. The standard InChI is InChI=1S/C27H38O3/c1-19-12-6-8-14-21(19)27(18-26(3,4)25(28)29,22-15-9-7-13-20(22)2)23-16-10-11-17-24(23)30-5/h10-11,16-17H,6-9,12-15,18H2,1-5H3,(H,28,29). The second-order valence-corrected chi connectivity index (χ2v) is 9.90. The van der Waals surface area contributed by atoms with E-state index in [4.69, 9.17) is 4.74 Å². The van der Waals surface area contributed by atoms with E-state index in [-0.39, 0.29) is 0 Å². The third-order valence-electron chi connectivity index (χ3n) is 7.37. The Labute approximate surface area is 182 Å². The van der Waals surface area contributed by atoms with Gasteiger partial charge in [0.1, 0.15) is 5.75 Å². The van der Waals surface area contributed by atoms with Crippen LogP contribution in [-0.2, 0) is 10.2 Å². The molecular formula is C27H38O3. The van der Waals surface area contributed by atoms with Gasteiger partial charge in [0.2, 0.25) is 0 Å². The molecule has 0 spiro atoms. The molecule has 0 atom stereocenters. The number of rotatable bonds is 7. The van der Waals surface area contributed by atoms with Crippen LogP contribution in [0.2, 0.25) is 0 Å².